The maximum Gasteiger partial charge on any atom is 0.222 e. The molecule has 0 radical (unpaired) electrons. The van der Waals surface area contributed by atoms with Crippen LogP contribution < -0.4 is 10.2 Å². The van der Waals surface area contributed by atoms with E-state index in [-0.39, 0.29) is 31.0 Å². The molecule has 1 saturated carbocycles. The van der Waals surface area contributed by atoms with Crippen LogP contribution in [0.5, 0.6) is 5.75 Å². The van der Waals surface area contributed by atoms with Crippen LogP contribution in [-0.4, -0.2) is 35.7 Å². The van der Waals surface area contributed by atoms with Crippen LogP contribution in [0.3, 0.4) is 0 Å². The molecule has 0 saturated heterocycles. The highest BCUT2D eigenvalue weighted by atomic mass is 16.5. The zero-order valence-electron chi connectivity index (χ0n) is 16.5. The van der Waals surface area contributed by atoms with Gasteiger partial charge in [-0.25, -0.2) is 0 Å². The minimum absolute atomic E-state index is 0.114. The highest BCUT2D eigenvalue weighted by Gasteiger charge is 2.19. The molecule has 1 aliphatic rings. The number of carbonyl (C=O) groups is 1. The minimum atomic E-state index is -0.188. The summed E-state index contributed by atoms with van der Waals surface area (Å²) in [5.74, 6) is 0.950. The highest BCUT2D eigenvalue weighted by Crippen LogP contribution is 2.27. The zero-order chi connectivity index (χ0) is 19.9. The molecule has 1 aromatic heterocycles. The summed E-state index contributed by atoms with van der Waals surface area (Å²) < 4.78 is 11.7. The summed E-state index contributed by atoms with van der Waals surface area (Å²) in [7, 11) is 0. The number of carbonyl (C=O) groups excluding carboxylic acids is 1. The number of ether oxygens (including phenoxy) is 1. The van der Waals surface area contributed by atoms with Crippen LogP contribution in [0.2, 0.25) is 0 Å². The zero-order valence-corrected chi connectivity index (χ0v) is 16.5. The van der Waals surface area contributed by atoms with Crippen molar-refractivity contribution in [2.24, 2.45) is 5.92 Å². The highest BCUT2D eigenvalue weighted by molar-refractivity contribution is 5.84. The topological polar surface area (TPSA) is 80.0 Å². The van der Waals surface area contributed by atoms with Crippen LogP contribution >= 0.6 is 0 Å². The van der Waals surface area contributed by atoms with Crippen molar-refractivity contribution >= 4 is 16.9 Å². The van der Waals surface area contributed by atoms with Gasteiger partial charge in [0.05, 0.1) is 31.6 Å². The second kappa shape index (κ2) is 9.73. The number of hydrogen-bond donors (Lipinski definition) is 1. The van der Waals surface area contributed by atoms with Crippen LogP contribution in [0.4, 0.5) is 0 Å². The summed E-state index contributed by atoms with van der Waals surface area (Å²) in [5.41, 5.74) is 0.675. The van der Waals surface area contributed by atoms with Crippen molar-refractivity contribution in [1.29, 1.82) is 0 Å². The Hall–Kier alpha value is -2.34. The Balaban J connectivity index is 1.86. The predicted octanol–water partition coefficient (Wildman–Crippen LogP) is 3.48. The van der Waals surface area contributed by atoms with Gasteiger partial charge in [0.15, 0.2) is 0 Å². The summed E-state index contributed by atoms with van der Waals surface area (Å²) in [4.78, 5) is 26.7. The number of nitrogens with zero attached hydrogens (tertiary/aromatic N) is 1. The van der Waals surface area contributed by atoms with E-state index < -0.39 is 0 Å². The number of rotatable bonds is 8. The molecule has 2 aromatic rings. The van der Waals surface area contributed by atoms with Gasteiger partial charge in [0.25, 0.3) is 0 Å². The molecular formula is C22H29NO5. The lowest BCUT2D eigenvalue weighted by Crippen LogP contribution is -2.34. The lowest BCUT2D eigenvalue weighted by molar-refractivity contribution is -0.132. The molecule has 152 valence electrons. The molecule has 1 aliphatic carbocycles. The number of aliphatic hydroxyl groups is 1. The SMILES string of the molecule is CCC(=O)N(CCO)Cc1coc2cccc(OCC3CCCCC3)c2c1=O. The van der Waals surface area contributed by atoms with E-state index in [2.05, 4.69) is 0 Å². The maximum atomic E-state index is 13.1. The van der Waals surface area contributed by atoms with Crippen molar-refractivity contribution < 1.29 is 19.1 Å². The Morgan fingerprint density at radius 1 is 1.29 bits per heavy atom. The van der Waals surface area contributed by atoms with Gasteiger partial charge in [-0.15, -0.1) is 0 Å². The average molecular weight is 387 g/mol. The maximum absolute atomic E-state index is 13.1. The third-order valence-electron chi connectivity index (χ3n) is 5.42. The fraction of sp³-hybridized carbons (Fsp3) is 0.545. The van der Waals surface area contributed by atoms with E-state index in [1.54, 1.807) is 19.1 Å². The molecule has 3 rings (SSSR count). The molecule has 6 heteroatoms. The largest absolute Gasteiger partial charge is 0.492 e. The Morgan fingerprint density at radius 3 is 2.79 bits per heavy atom. The standard InChI is InChI=1S/C22H29NO5/c1-2-20(25)23(11-12-24)13-17-15-28-19-10-6-9-18(21(19)22(17)26)27-14-16-7-4-3-5-8-16/h6,9-10,15-16,24H,2-5,7-8,11-14H2,1H3. The Morgan fingerprint density at radius 2 is 2.07 bits per heavy atom. The Bertz CT molecular complexity index is 854. The smallest absolute Gasteiger partial charge is 0.222 e. The minimum Gasteiger partial charge on any atom is -0.492 e. The summed E-state index contributed by atoms with van der Waals surface area (Å²) in [6, 6.07) is 5.37. The Labute approximate surface area is 165 Å². The van der Waals surface area contributed by atoms with E-state index in [1.807, 2.05) is 6.07 Å². The van der Waals surface area contributed by atoms with E-state index >= 15 is 0 Å². The number of benzene rings is 1. The molecule has 1 fully saturated rings. The summed E-state index contributed by atoms with van der Waals surface area (Å²) in [5, 5.41) is 9.64. The molecule has 1 heterocycles. The first-order valence-electron chi connectivity index (χ1n) is 10.2. The summed E-state index contributed by atoms with van der Waals surface area (Å²) in [6.07, 6.45) is 7.82. The van der Waals surface area contributed by atoms with Gasteiger partial charge >= 0.3 is 0 Å². The number of amides is 1. The molecule has 1 N–H and O–H groups in total. The molecule has 1 aromatic carbocycles. The van der Waals surface area contributed by atoms with Crippen LogP contribution in [0.15, 0.2) is 33.7 Å². The molecule has 6 nitrogen and oxygen atoms in total. The van der Waals surface area contributed by atoms with Gasteiger partial charge in [-0.2, -0.15) is 0 Å². The van der Waals surface area contributed by atoms with Crippen molar-refractivity contribution in [3.05, 3.63) is 40.2 Å². The first-order valence-corrected chi connectivity index (χ1v) is 10.2. The summed E-state index contributed by atoms with van der Waals surface area (Å²) >= 11 is 0. The van der Waals surface area contributed by atoms with E-state index in [9.17, 15) is 14.7 Å². The molecule has 0 spiro atoms. The van der Waals surface area contributed by atoms with Gasteiger partial charge < -0.3 is 19.2 Å². The van der Waals surface area contributed by atoms with Gasteiger partial charge in [-0.05, 0) is 30.9 Å². The van der Waals surface area contributed by atoms with Crippen molar-refractivity contribution in [2.45, 2.75) is 52.0 Å². The van der Waals surface area contributed by atoms with Crippen molar-refractivity contribution in [3.63, 3.8) is 0 Å². The Kier molecular flexibility index (Phi) is 7.09. The second-order valence-electron chi connectivity index (χ2n) is 7.43. The number of aliphatic hydroxyl groups excluding tert-OH is 1. The number of hydrogen-bond acceptors (Lipinski definition) is 5. The molecule has 0 unspecified atom stereocenters. The predicted molar refractivity (Wildman–Crippen MR) is 107 cm³/mol. The van der Waals surface area contributed by atoms with Gasteiger partial charge in [0.2, 0.25) is 11.3 Å². The van der Waals surface area contributed by atoms with Crippen molar-refractivity contribution in [3.8, 4) is 5.75 Å². The van der Waals surface area contributed by atoms with Gasteiger partial charge in [-0.1, -0.05) is 32.3 Å². The normalized spacial score (nSPS) is 14.9. The monoisotopic (exact) mass is 387 g/mol. The van der Waals surface area contributed by atoms with Gasteiger partial charge in [-0.3, -0.25) is 9.59 Å². The average Bonchev–Trinajstić information content (AvgIpc) is 2.73. The van der Waals surface area contributed by atoms with E-state index in [1.165, 1.54) is 43.3 Å². The number of fused-ring (bicyclic) bond motifs is 1. The second-order valence-corrected chi connectivity index (χ2v) is 7.43. The van der Waals surface area contributed by atoms with E-state index in [4.69, 9.17) is 9.15 Å². The van der Waals surface area contributed by atoms with Crippen molar-refractivity contribution in [2.75, 3.05) is 19.8 Å². The molecular weight excluding hydrogens is 358 g/mol. The molecule has 0 atom stereocenters. The van der Waals surface area contributed by atoms with Crippen LogP contribution in [-0.2, 0) is 11.3 Å². The van der Waals surface area contributed by atoms with E-state index in [0.29, 0.717) is 41.2 Å². The molecule has 0 bridgehead atoms. The first kappa shape index (κ1) is 20.4. The van der Waals surface area contributed by atoms with Crippen LogP contribution in [0.25, 0.3) is 11.0 Å². The van der Waals surface area contributed by atoms with Gasteiger partial charge in [0, 0.05) is 13.0 Å². The quantitative estimate of drug-likeness (QED) is 0.750. The third-order valence-corrected chi connectivity index (χ3v) is 5.42. The molecule has 28 heavy (non-hydrogen) atoms. The van der Waals surface area contributed by atoms with Crippen molar-refractivity contribution in [1.82, 2.24) is 4.90 Å². The molecule has 0 aliphatic heterocycles. The first-order chi connectivity index (χ1) is 13.6. The lowest BCUT2D eigenvalue weighted by atomic mass is 9.90. The fourth-order valence-electron chi connectivity index (χ4n) is 3.81. The third kappa shape index (κ3) is 4.73. The van der Waals surface area contributed by atoms with Crippen LogP contribution in [0.1, 0.15) is 51.0 Å². The summed E-state index contributed by atoms with van der Waals surface area (Å²) in [6.45, 7) is 2.51. The fourth-order valence-corrected chi connectivity index (χ4v) is 3.81. The van der Waals surface area contributed by atoms with Crippen LogP contribution in [0, 0.1) is 5.92 Å². The lowest BCUT2D eigenvalue weighted by Gasteiger charge is -2.22. The molecule has 1 amide bonds. The van der Waals surface area contributed by atoms with E-state index in [0.717, 1.165) is 0 Å². The van der Waals surface area contributed by atoms with Gasteiger partial charge in [0.1, 0.15) is 16.7 Å².